The molecule has 0 radical (unpaired) electrons. The minimum atomic E-state index is -3.00. The lowest BCUT2D eigenvalue weighted by Gasteiger charge is -2.13. The molecule has 1 unspecified atom stereocenters. The maximum atomic E-state index is 11.6. The van der Waals surface area contributed by atoms with Crippen LogP contribution in [-0.2, 0) is 16.3 Å². The lowest BCUT2D eigenvalue weighted by molar-refractivity contribution is 0.340. The lowest BCUT2D eigenvalue weighted by Crippen LogP contribution is -2.21. The van der Waals surface area contributed by atoms with Crippen LogP contribution in [0.5, 0.6) is 5.75 Å². The summed E-state index contributed by atoms with van der Waals surface area (Å²) in [5.74, 6) is 0.955. The Bertz CT molecular complexity index is 546. The van der Waals surface area contributed by atoms with E-state index in [0.29, 0.717) is 12.2 Å². The Morgan fingerprint density at radius 1 is 1.29 bits per heavy atom. The van der Waals surface area contributed by atoms with Crippen molar-refractivity contribution in [3.05, 3.63) is 28.2 Å². The smallest absolute Gasteiger partial charge is 0.153 e. The maximum Gasteiger partial charge on any atom is 0.153 e. The fourth-order valence-electron chi connectivity index (χ4n) is 1.92. The van der Waals surface area contributed by atoms with E-state index < -0.39 is 9.84 Å². The number of halogens is 1. The van der Waals surface area contributed by atoms with Crippen molar-refractivity contribution >= 4 is 25.8 Å². The van der Waals surface area contributed by atoms with E-state index in [1.807, 2.05) is 25.1 Å². The number of ether oxygens (including phenoxy) is 1. The number of rotatable bonds is 9. The predicted octanol–water partition coefficient (Wildman–Crippen LogP) is 2.93. The zero-order chi connectivity index (χ0) is 15.9. The van der Waals surface area contributed by atoms with Crippen LogP contribution >= 0.6 is 15.9 Å². The third-order valence-corrected chi connectivity index (χ3v) is 5.79. The molecule has 0 aromatic heterocycles. The van der Waals surface area contributed by atoms with Crippen molar-refractivity contribution in [2.24, 2.45) is 5.73 Å². The molecule has 0 bridgehead atoms. The molecule has 6 heteroatoms. The molecule has 1 aromatic rings. The summed E-state index contributed by atoms with van der Waals surface area (Å²) >= 11 is 3.50. The van der Waals surface area contributed by atoms with Crippen LogP contribution in [0.15, 0.2) is 22.7 Å². The molecule has 0 spiro atoms. The van der Waals surface area contributed by atoms with Crippen molar-refractivity contribution in [1.29, 1.82) is 0 Å². The third kappa shape index (κ3) is 6.80. The molecular formula is C15H24BrNO3S. The maximum absolute atomic E-state index is 11.6. The van der Waals surface area contributed by atoms with Crippen LogP contribution in [-0.4, -0.2) is 32.6 Å². The first kappa shape index (κ1) is 18.5. The highest BCUT2D eigenvalue weighted by atomic mass is 79.9. The van der Waals surface area contributed by atoms with Gasteiger partial charge in [0, 0.05) is 10.5 Å². The second kappa shape index (κ2) is 8.76. The molecule has 0 aliphatic heterocycles. The van der Waals surface area contributed by atoms with Gasteiger partial charge in [-0.3, -0.25) is 0 Å². The molecule has 120 valence electrons. The van der Waals surface area contributed by atoms with Crippen LogP contribution in [0.4, 0.5) is 0 Å². The monoisotopic (exact) mass is 377 g/mol. The van der Waals surface area contributed by atoms with Gasteiger partial charge in [-0.1, -0.05) is 29.8 Å². The molecule has 1 aromatic carbocycles. The quantitative estimate of drug-likeness (QED) is 0.717. The van der Waals surface area contributed by atoms with Crippen molar-refractivity contribution in [2.75, 3.05) is 18.1 Å². The molecule has 1 atom stereocenters. The van der Waals surface area contributed by atoms with Gasteiger partial charge in [0.15, 0.2) is 9.84 Å². The highest BCUT2D eigenvalue weighted by Crippen LogP contribution is 2.24. The van der Waals surface area contributed by atoms with Crippen LogP contribution in [0.1, 0.15) is 32.3 Å². The number of hydrogen-bond acceptors (Lipinski definition) is 4. The number of sulfone groups is 1. The van der Waals surface area contributed by atoms with E-state index in [9.17, 15) is 8.42 Å². The molecule has 0 heterocycles. The van der Waals surface area contributed by atoms with Gasteiger partial charge in [-0.25, -0.2) is 8.42 Å². The van der Waals surface area contributed by atoms with Gasteiger partial charge in [-0.15, -0.1) is 0 Å². The van der Waals surface area contributed by atoms with E-state index >= 15 is 0 Å². The summed E-state index contributed by atoms with van der Waals surface area (Å²) in [5, 5.41) is 0. The second-order valence-corrected chi connectivity index (χ2v) is 8.28. The summed E-state index contributed by atoms with van der Waals surface area (Å²) in [6.45, 7) is 4.09. The standard InChI is InChI=1S/C15H24BrNO3S/c1-3-8-21(18,19)9-7-20-14-5-6-15(16)12(11-14)10-13(17)4-2/h5-6,11,13H,3-4,7-10,17H2,1-2H3. The van der Waals surface area contributed by atoms with Crippen molar-refractivity contribution in [1.82, 2.24) is 0 Å². The molecule has 0 saturated heterocycles. The normalized spacial score (nSPS) is 13.1. The van der Waals surface area contributed by atoms with E-state index in [0.717, 1.165) is 22.9 Å². The minimum absolute atomic E-state index is 0.0563. The van der Waals surface area contributed by atoms with Crippen molar-refractivity contribution < 1.29 is 13.2 Å². The average Bonchev–Trinajstić information content (AvgIpc) is 2.42. The molecule has 4 nitrogen and oxygen atoms in total. The van der Waals surface area contributed by atoms with Crippen LogP contribution in [0.25, 0.3) is 0 Å². The van der Waals surface area contributed by atoms with Gasteiger partial charge in [0.05, 0.1) is 11.5 Å². The predicted molar refractivity (Wildman–Crippen MR) is 90.6 cm³/mol. The van der Waals surface area contributed by atoms with E-state index in [-0.39, 0.29) is 24.2 Å². The summed E-state index contributed by atoms with van der Waals surface area (Å²) in [6.07, 6.45) is 2.31. The largest absolute Gasteiger partial charge is 0.493 e. The van der Waals surface area contributed by atoms with Gasteiger partial charge >= 0.3 is 0 Å². The Morgan fingerprint density at radius 3 is 2.62 bits per heavy atom. The Kier molecular flexibility index (Phi) is 7.70. The van der Waals surface area contributed by atoms with Crippen LogP contribution in [0.2, 0.25) is 0 Å². The van der Waals surface area contributed by atoms with Gasteiger partial charge < -0.3 is 10.5 Å². The fourth-order valence-corrected chi connectivity index (χ4v) is 3.50. The van der Waals surface area contributed by atoms with Gasteiger partial charge in [-0.2, -0.15) is 0 Å². The number of hydrogen-bond donors (Lipinski definition) is 1. The Hall–Kier alpha value is -0.590. The van der Waals surface area contributed by atoms with Gasteiger partial charge in [0.25, 0.3) is 0 Å². The van der Waals surface area contributed by atoms with Crippen LogP contribution in [0, 0.1) is 0 Å². The molecule has 1 rings (SSSR count). The zero-order valence-electron chi connectivity index (χ0n) is 12.6. The van der Waals surface area contributed by atoms with Gasteiger partial charge in [-0.05, 0) is 43.0 Å². The lowest BCUT2D eigenvalue weighted by atomic mass is 10.0. The summed E-state index contributed by atoms with van der Waals surface area (Å²) in [4.78, 5) is 0. The molecular weight excluding hydrogens is 354 g/mol. The zero-order valence-corrected chi connectivity index (χ0v) is 15.0. The first-order chi connectivity index (χ1) is 9.88. The molecule has 2 N–H and O–H groups in total. The van der Waals surface area contributed by atoms with E-state index in [1.165, 1.54) is 0 Å². The summed E-state index contributed by atoms with van der Waals surface area (Å²) in [6, 6.07) is 5.78. The third-order valence-electron chi connectivity index (χ3n) is 3.20. The van der Waals surface area contributed by atoms with Crippen molar-refractivity contribution in [3.63, 3.8) is 0 Å². The van der Waals surface area contributed by atoms with Crippen molar-refractivity contribution in [3.8, 4) is 5.75 Å². The summed E-state index contributed by atoms with van der Waals surface area (Å²) in [5.41, 5.74) is 7.06. The summed E-state index contributed by atoms with van der Waals surface area (Å²) in [7, 11) is -3.00. The van der Waals surface area contributed by atoms with Crippen LogP contribution < -0.4 is 10.5 Å². The Labute approximate surface area is 136 Å². The molecule has 0 aliphatic carbocycles. The highest BCUT2D eigenvalue weighted by molar-refractivity contribution is 9.10. The Balaban J connectivity index is 2.62. The Morgan fingerprint density at radius 2 is 2.00 bits per heavy atom. The average molecular weight is 378 g/mol. The second-order valence-electron chi connectivity index (χ2n) is 5.13. The fraction of sp³-hybridized carbons (Fsp3) is 0.600. The van der Waals surface area contributed by atoms with E-state index in [1.54, 1.807) is 0 Å². The highest BCUT2D eigenvalue weighted by Gasteiger charge is 2.11. The SMILES string of the molecule is CCCS(=O)(=O)CCOc1ccc(Br)c(CC(N)CC)c1. The molecule has 0 saturated carbocycles. The first-order valence-electron chi connectivity index (χ1n) is 7.25. The summed E-state index contributed by atoms with van der Waals surface area (Å²) < 4.78 is 29.8. The van der Waals surface area contributed by atoms with E-state index in [2.05, 4.69) is 22.9 Å². The van der Waals surface area contributed by atoms with Gasteiger partial charge in [0.2, 0.25) is 0 Å². The minimum Gasteiger partial charge on any atom is -0.493 e. The van der Waals surface area contributed by atoms with Crippen LogP contribution in [0.3, 0.4) is 0 Å². The van der Waals surface area contributed by atoms with Gasteiger partial charge in [0.1, 0.15) is 12.4 Å². The van der Waals surface area contributed by atoms with Crippen molar-refractivity contribution in [2.45, 2.75) is 39.2 Å². The number of benzene rings is 1. The number of nitrogens with two attached hydrogens (primary N) is 1. The first-order valence-corrected chi connectivity index (χ1v) is 9.86. The molecule has 0 amide bonds. The van der Waals surface area contributed by atoms with E-state index in [4.69, 9.17) is 10.5 Å². The topological polar surface area (TPSA) is 69.4 Å². The molecule has 21 heavy (non-hydrogen) atoms. The molecule has 0 aliphatic rings. The molecule has 0 fully saturated rings.